The normalized spacial score (nSPS) is 7.69. The van der Waals surface area contributed by atoms with E-state index in [1.807, 2.05) is 13.8 Å². The molecule has 0 aliphatic rings. The molecule has 6 nitrogen and oxygen atoms in total. The maximum atomic E-state index is 9.76. The van der Waals surface area contributed by atoms with E-state index in [1.54, 1.807) is 7.05 Å². The molecule has 0 radical (unpaired) electrons. The van der Waals surface area contributed by atoms with Crippen molar-refractivity contribution >= 4 is 18.2 Å². The summed E-state index contributed by atoms with van der Waals surface area (Å²) >= 11 is 0. The lowest BCUT2D eigenvalue weighted by molar-refractivity contribution is -0.137. The number of carboxylic acid groups (broad SMARTS) is 2. The van der Waals surface area contributed by atoms with Crippen molar-refractivity contribution in [1.82, 2.24) is 5.32 Å². The lowest BCUT2D eigenvalue weighted by Crippen LogP contribution is -2.16. The molecule has 0 amide bonds. The number of rotatable bonds is 6. The number of aldehydes is 1. The minimum absolute atomic E-state index is 0.0417. The van der Waals surface area contributed by atoms with E-state index < -0.39 is 11.9 Å². The second-order valence-electron chi connectivity index (χ2n) is 2.38. The standard InChI is InChI=1S/C5H8O3.C3H7NO2.C2H6/c6-4-2-1-3-5(7)8;1-4-2-3(5)6;1-2/h4H,1-3H2,(H,7,8);4H,2H2,1H3,(H,5,6);1-2H3. The van der Waals surface area contributed by atoms with E-state index in [2.05, 4.69) is 5.32 Å². The lowest BCUT2D eigenvalue weighted by atomic mass is 10.2. The summed E-state index contributed by atoms with van der Waals surface area (Å²) in [4.78, 5) is 28.9. The predicted octanol–water partition coefficient (Wildman–Crippen LogP) is 0.757. The van der Waals surface area contributed by atoms with Gasteiger partial charge in [-0.2, -0.15) is 0 Å². The minimum atomic E-state index is -0.841. The van der Waals surface area contributed by atoms with Gasteiger partial charge in [0.2, 0.25) is 0 Å². The number of likely N-dealkylation sites (N-methyl/N-ethyl adjacent to an activating group) is 1. The molecule has 0 saturated heterocycles. The van der Waals surface area contributed by atoms with Gasteiger partial charge in [-0.1, -0.05) is 13.8 Å². The molecule has 0 unspecified atom stereocenters. The van der Waals surface area contributed by atoms with Gasteiger partial charge in [0, 0.05) is 12.8 Å². The van der Waals surface area contributed by atoms with Gasteiger partial charge in [0.15, 0.2) is 0 Å². The molecule has 0 aromatic carbocycles. The third-order valence-corrected chi connectivity index (χ3v) is 1.04. The van der Waals surface area contributed by atoms with Crippen LogP contribution in [0.4, 0.5) is 0 Å². The highest BCUT2D eigenvalue weighted by molar-refractivity contribution is 5.68. The topological polar surface area (TPSA) is 104 Å². The predicted molar refractivity (Wildman–Crippen MR) is 60.5 cm³/mol. The fourth-order valence-electron chi connectivity index (χ4n) is 0.488. The average molecular weight is 235 g/mol. The SMILES string of the molecule is CC.CNCC(=O)O.O=CCCCC(=O)O. The zero-order valence-corrected chi connectivity index (χ0v) is 10.0. The molecule has 0 rings (SSSR count). The van der Waals surface area contributed by atoms with Gasteiger partial charge in [-0.15, -0.1) is 0 Å². The summed E-state index contributed by atoms with van der Waals surface area (Å²) in [6.07, 6.45) is 1.63. The Bertz CT molecular complexity index is 182. The number of hydrogen-bond acceptors (Lipinski definition) is 4. The van der Waals surface area contributed by atoms with Crippen LogP contribution in [0.3, 0.4) is 0 Å². The summed E-state index contributed by atoms with van der Waals surface area (Å²) in [5.41, 5.74) is 0. The van der Waals surface area contributed by atoms with Crippen molar-refractivity contribution in [2.45, 2.75) is 33.1 Å². The van der Waals surface area contributed by atoms with Crippen LogP contribution in [0.5, 0.6) is 0 Å². The first-order valence-corrected chi connectivity index (χ1v) is 5.06. The summed E-state index contributed by atoms with van der Waals surface area (Å²) < 4.78 is 0. The van der Waals surface area contributed by atoms with Crippen molar-refractivity contribution in [1.29, 1.82) is 0 Å². The molecule has 3 N–H and O–H groups in total. The third kappa shape index (κ3) is 39.0. The number of unbranched alkanes of at least 4 members (excludes halogenated alkanes) is 1. The van der Waals surface area contributed by atoms with Crippen molar-refractivity contribution in [3.8, 4) is 0 Å². The van der Waals surface area contributed by atoms with E-state index >= 15 is 0 Å². The number of carboxylic acids is 2. The summed E-state index contributed by atoms with van der Waals surface area (Å²) in [5.74, 6) is -1.66. The maximum Gasteiger partial charge on any atom is 0.317 e. The van der Waals surface area contributed by atoms with Crippen molar-refractivity contribution in [2.24, 2.45) is 0 Å². The van der Waals surface area contributed by atoms with Gasteiger partial charge in [-0.05, 0) is 13.5 Å². The van der Waals surface area contributed by atoms with E-state index in [0.717, 1.165) is 6.29 Å². The lowest BCUT2D eigenvalue weighted by Gasteiger charge is -1.85. The molecule has 0 aliphatic carbocycles. The van der Waals surface area contributed by atoms with E-state index in [-0.39, 0.29) is 13.0 Å². The second-order valence-corrected chi connectivity index (χ2v) is 2.38. The van der Waals surface area contributed by atoms with Gasteiger partial charge in [0.05, 0.1) is 6.54 Å². The first kappa shape index (κ1) is 20.0. The van der Waals surface area contributed by atoms with Gasteiger partial charge < -0.3 is 20.3 Å². The van der Waals surface area contributed by atoms with Crippen LogP contribution in [0.15, 0.2) is 0 Å². The Kier molecular flexibility index (Phi) is 24.0. The molecule has 6 heteroatoms. The van der Waals surface area contributed by atoms with Crippen LogP contribution in [0.25, 0.3) is 0 Å². The Morgan fingerprint density at radius 3 is 1.88 bits per heavy atom. The highest BCUT2D eigenvalue weighted by atomic mass is 16.4. The molecule has 0 bridgehead atoms. The van der Waals surface area contributed by atoms with Crippen molar-refractivity contribution in [3.05, 3.63) is 0 Å². The highest BCUT2D eigenvalue weighted by Crippen LogP contribution is 1.90. The maximum absolute atomic E-state index is 9.76. The molecule has 0 saturated carbocycles. The number of aliphatic carboxylic acids is 2. The Morgan fingerprint density at radius 1 is 1.19 bits per heavy atom. The van der Waals surface area contributed by atoms with Gasteiger partial charge in [-0.25, -0.2) is 0 Å². The molecule has 0 aliphatic heterocycles. The molecule has 0 heterocycles. The van der Waals surface area contributed by atoms with Crippen LogP contribution in [0, 0.1) is 0 Å². The Morgan fingerprint density at radius 2 is 1.69 bits per heavy atom. The zero-order valence-electron chi connectivity index (χ0n) is 10.0. The number of carbonyl (C=O) groups is 3. The summed E-state index contributed by atoms with van der Waals surface area (Å²) in [7, 11) is 1.59. The smallest absolute Gasteiger partial charge is 0.317 e. The van der Waals surface area contributed by atoms with Crippen LogP contribution in [-0.4, -0.2) is 42.0 Å². The van der Waals surface area contributed by atoms with Gasteiger partial charge >= 0.3 is 11.9 Å². The van der Waals surface area contributed by atoms with Crippen LogP contribution in [0.2, 0.25) is 0 Å². The van der Waals surface area contributed by atoms with Crippen LogP contribution in [-0.2, 0) is 14.4 Å². The van der Waals surface area contributed by atoms with E-state index in [4.69, 9.17) is 10.2 Å². The third-order valence-electron chi connectivity index (χ3n) is 1.04. The van der Waals surface area contributed by atoms with E-state index in [9.17, 15) is 14.4 Å². The highest BCUT2D eigenvalue weighted by Gasteiger charge is 1.93. The zero-order chi connectivity index (χ0) is 13.4. The molecule has 0 fully saturated rings. The Hall–Kier alpha value is -1.43. The molecule has 0 aromatic heterocycles. The largest absolute Gasteiger partial charge is 0.481 e. The van der Waals surface area contributed by atoms with Crippen LogP contribution >= 0.6 is 0 Å². The van der Waals surface area contributed by atoms with Gasteiger partial charge in [0.25, 0.3) is 0 Å². The molecular weight excluding hydrogens is 214 g/mol. The molecule has 0 spiro atoms. The van der Waals surface area contributed by atoms with Crippen LogP contribution in [0.1, 0.15) is 33.1 Å². The minimum Gasteiger partial charge on any atom is -0.481 e. The monoisotopic (exact) mass is 235 g/mol. The van der Waals surface area contributed by atoms with E-state index in [0.29, 0.717) is 12.8 Å². The molecule has 0 atom stereocenters. The van der Waals surface area contributed by atoms with Gasteiger partial charge in [0.1, 0.15) is 6.29 Å². The summed E-state index contributed by atoms with van der Waals surface area (Å²) in [5, 5.41) is 18.3. The number of nitrogens with one attached hydrogen (secondary N) is 1. The first-order chi connectivity index (χ1) is 7.54. The Labute approximate surface area is 95.7 Å². The number of hydrogen-bond donors (Lipinski definition) is 3. The van der Waals surface area contributed by atoms with Gasteiger partial charge in [-0.3, -0.25) is 9.59 Å². The van der Waals surface area contributed by atoms with Crippen LogP contribution < -0.4 is 5.32 Å². The second kappa shape index (κ2) is 19.2. The summed E-state index contributed by atoms with van der Waals surface area (Å²) in [6, 6.07) is 0. The quantitative estimate of drug-likeness (QED) is 0.464. The molecule has 96 valence electrons. The first-order valence-electron chi connectivity index (χ1n) is 5.06. The van der Waals surface area contributed by atoms with E-state index in [1.165, 1.54) is 0 Å². The van der Waals surface area contributed by atoms with Crippen molar-refractivity contribution in [3.63, 3.8) is 0 Å². The molecular formula is C10H21NO5. The molecule has 0 aromatic rings. The van der Waals surface area contributed by atoms with Crippen molar-refractivity contribution in [2.75, 3.05) is 13.6 Å². The van der Waals surface area contributed by atoms with Crippen molar-refractivity contribution < 1.29 is 24.6 Å². The Balaban J connectivity index is -0.000000188. The fraction of sp³-hybridized carbons (Fsp3) is 0.700. The number of carbonyl (C=O) groups excluding carboxylic acids is 1. The summed E-state index contributed by atoms with van der Waals surface area (Å²) in [6.45, 7) is 4.04. The average Bonchev–Trinajstić information content (AvgIpc) is 2.21. The molecule has 16 heavy (non-hydrogen) atoms. The fourth-order valence-corrected chi connectivity index (χ4v) is 0.488.